The number of nitrogens with zero attached hydrogens (tertiary/aromatic N) is 4. The highest BCUT2D eigenvalue weighted by molar-refractivity contribution is 5.76. The van der Waals surface area contributed by atoms with Gasteiger partial charge < -0.3 is 29.7 Å². The number of piperidine rings is 1. The maximum atomic E-state index is 9.18. The lowest BCUT2D eigenvalue weighted by molar-refractivity contribution is 0.111. The lowest BCUT2D eigenvalue weighted by atomic mass is 10.1. The van der Waals surface area contributed by atoms with E-state index in [-0.39, 0.29) is 6.10 Å². The Labute approximate surface area is 198 Å². The smallest absolute Gasteiger partial charge is 0.248 e. The van der Waals surface area contributed by atoms with Gasteiger partial charge in [-0.05, 0) is 44.2 Å². The van der Waals surface area contributed by atoms with Gasteiger partial charge in [-0.25, -0.2) is 4.98 Å². The number of hydrogen-bond donors (Lipinski definition) is 2. The first-order valence-electron chi connectivity index (χ1n) is 11.2. The summed E-state index contributed by atoms with van der Waals surface area (Å²) < 4.78 is 18.2. The van der Waals surface area contributed by atoms with Crippen molar-refractivity contribution in [1.29, 1.82) is 5.26 Å². The summed E-state index contributed by atoms with van der Waals surface area (Å²) in [7, 11) is 3.77. The van der Waals surface area contributed by atoms with Crippen molar-refractivity contribution in [2.24, 2.45) is 0 Å². The van der Waals surface area contributed by atoms with Crippen LogP contribution in [-0.4, -0.2) is 48.2 Å². The Hall–Kier alpha value is -4.03. The molecule has 0 atom stereocenters. The number of hydrogen-bond acceptors (Lipinski definition) is 9. The summed E-state index contributed by atoms with van der Waals surface area (Å²) in [5.41, 5.74) is 2.87. The van der Waals surface area contributed by atoms with Crippen LogP contribution in [0, 0.1) is 11.3 Å². The second kappa shape index (κ2) is 9.45. The number of nitrogens with one attached hydrogen (secondary N) is 2. The molecular weight excluding hydrogens is 432 g/mol. The molecule has 0 amide bonds. The fourth-order valence-corrected chi connectivity index (χ4v) is 4.14. The highest BCUT2D eigenvalue weighted by atomic mass is 16.5. The predicted octanol–water partition coefficient (Wildman–Crippen LogP) is 4.29. The van der Waals surface area contributed by atoms with Crippen LogP contribution >= 0.6 is 0 Å². The highest BCUT2D eigenvalue weighted by Gasteiger charge is 2.24. The Morgan fingerprint density at radius 3 is 2.82 bits per heavy atom. The van der Waals surface area contributed by atoms with Crippen molar-refractivity contribution < 1.29 is 14.2 Å². The summed E-state index contributed by atoms with van der Waals surface area (Å²) in [6.07, 6.45) is 3.53. The molecule has 0 spiro atoms. The van der Waals surface area contributed by atoms with Crippen LogP contribution in [0.2, 0.25) is 0 Å². The molecule has 34 heavy (non-hydrogen) atoms. The zero-order chi connectivity index (χ0) is 23.5. The van der Waals surface area contributed by atoms with E-state index < -0.39 is 0 Å². The lowest BCUT2D eigenvalue weighted by Crippen LogP contribution is -2.35. The molecule has 174 valence electrons. The van der Waals surface area contributed by atoms with E-state index >= 15 is 0 Å². The largest absolute Gasteiger partial charge is 0.493 e. The molecule has 0 bridgehead atoms. The maximum absolute atomic E-state index is 9.18. The third kappa shape index (κ3) is 4.54. The van der Waals surface area contributed by atoms with Gasteiger partial charge in [0, 0.05) is 37.0 Å². The number of likely N-dealkylation sites (tertiary alicyclic amines) is 1. The van der Waals surface area contributed by atoms with Crippen LogP contribution in [0.25, 0.3) is 0 Å². The number of methoxy groups -OCH3 is 1. The minimum atomic E-state index is 0.140. The van der Waals surface area contributed by atoms with Gasteiger partial charge in [0.25, 0.3) is 0 Å². The topological polar surface area (TPSA) is 105 Å². The van der Waals surface area contributed by atoms with Crippen LogP contribution < -0.4 is 24.8 Å². The van der Waals surface area contributed by atoms with E-state index in [0.717, 1.165) is 37.2 Å². The van der Waals surface area contributed by atoms with Gasteiger partial charge in [0.05, 0.1) is 18.7 Å². The van der Waals surface area contributed by atoms with E-state index in [1.807, 2.05) is 24.3 Å². The van der Waals surface area contributed by atoms with Gasteiger partial charge in [-0.2, -0.15) is 10.2 Å². The third-order valence-electron chi connectivity index (χ3n) is 6.04. The van der Waals surface area contributed by atoms with Crippen molar-refractivity contribution in [2.75, 3.05) is 37.9 Å². The quantitative estimate of drug-likeness (QED) is 0.579. The molecule has 0 radical (unpaired) electrons. The summed E-state index contributed by atoms with van der Waals surface area (Å²) in [6, 6.07) is 13.2. The molecule has 9 heteroatoms. The van der Waals surface area contributed by atoms with Gasteiger partial charge in [-0.1, -0.05) is 6.07 Å². The number of anilines is 3. The Morgan fingerprint density at radius 2 is 2.03 bits per heavy atom. The van der Waals surface area contributed by atoms with Crippen molar-refractivity contribution in [1.82, 2.24) is 14.9 Å². The second-order valence-corrected chi connectivity index (χ2v) is 8.41. The van der Waals surface area contributed by atoms with Crippen LogP contribution in [0.3, 0.4) is 0 Å². The highest BCUT2D eigenvalue weighted by Crippen LogP contribution is 2.43. The fraction of sp³-hybridized carbons (Fsp3) is 0.320. The summed E-state index contributed by atoms with van der Waals surface area (Å²) in [5, 5.41) is 15.8. The summed E-state index contributed by atoms with van der Waals surface area (Å²) in [6.45, 7) is 2.51. The summed E-state index contributed by atoms with van der Waals surface area (Å²) >= 11 is 0. The van der Waals surface area contributed by atoms with E-state index in [1.165, 1.54) is 6.33 Å². The molecule has 0 aliphatic carbocycles. The number of ether oxygens (including phenoxy) is 3. The molecule has 3 heterocycles. The maximum Gasteiger partial charge on any atom is 0.248 e. The fourth-order valence-electron chi connectivity index (χ4n) is 4.14. The van der Waals surface area contributed by atoms with Crippen LogP contribution in [0.1, 0.15) is 24.0 Å². The minimum absolute atomic E-state index is 0.140. The van der Waals surface area contributed by atoms with Crippen LogP contribution in [0.5, 0.6) is 23.1 Å². The Kier molecular flexibility index (Phi) is 6.06. The van der Waals surface area contributed by atoms with E-state index in [2.05, 4.69) is 38.6 Å². The van der Waals surface area contributed by atoms with E-state index in [4.69, 9.17) is 14.2 Å². The molecule has 3 aromatic rings. The van der Waals surface area contributed by atoms with Gasteiger partial charge in [-0.15, -0.1) is 0 Å². The monoisotopic (exact) mass is 458 g/mol. The SMILES string of the molecule is COc1cc2c(cc1OC1CCN(C)CC1)Oc1ncnc(Nc3cccc(C#N)c3)c1NC2. The van der Waals surface area contributed by atoms with Gasteiger partial charge >= 0.3 is 0 Å². The molecule has 9 nitrogen and oxygen atoms in total. The molecule has 2 N–H and O–H groups in total. The molecule has 0 unspecified atom stereocenters. The van der Waals surface area contributed by atoms with Crippen LogP contribution in [0.4, 0.5) is 17.2 Å². The standard InChI is InChI=1S/C25H26N6O3/c1-31-8-6-19(7-9-31)33-22-12-20-17(11-21(22)32-2)14-27-23-24(28-15-29-25(23)34-20)30-18-5-3-4-16(10-18)13-26/h3-5,10-12,15,19,27H,6-9,14H2,1-2H3,(H,28,29,30). The first kappa shape index (κ1) is 21.8. The van der Waals surface area contributed by atoms with Crippen LogP contribution in [-0.2, 0) is 6.54 Å². The minimum Gasteiger partial charge on any atom is -0.493 e. The normalized spacial score (nSPS) is 15.6. The summed E-state index contributed by atoms with van der Waals surface area (Å²) in [5.74, 6) is 2.96. The number of aromatic nitrogens is 2. The molecule has 1 saturated heterocycles. The van der Waals surface area contributed by atoms with Crippen molar-refractivity contribution >= 4 is 17.2 Å². The van der Waals surface area contributed by atoms with E-state index in [0.29, 0.717) is 46.7 Å². The molecule has 1 fully saturated rings. The zero-order valence-corrected chi connectivity index (χ0v) is 19.2. The second-order valence-electron chi connectivity index (χ2n) is 8.41. The first-order chi connectivity index (χ1) is 16.6. The third-order valence-corrected chi connectivity index (χ3v) is 6.04. The van der Waals surface area contributed by atoms with Gasteiger partial charge in [0.2, 0.25) is 5.88 Å². The average Bonchev–Trinajstić information content (AvgIpc) is 3.04. The Balaban J connectivity index is 1.42. The van der Waals surface area contributed by atoms with Gasteiger partial charge in [0.1, 0.15) is 23.9 Å². The van der Waals surface area contributed by atoms with Gasteiger partial charge in [0.15, 0.2) is 17.3 Å². The Morgan fingerprint density at radius 1 is 1.18 bits per heavy atom. The van der Waals surface area contributed by atoms with E-state index in [1.54, 1.807) is 19.2 Å². The molecule has 2 aliphatic heterocycles. The molecule has 2 aromatic carbocycles. The predicted molar refractivity (Wildman–Crippen MR) is 128 cm³/mol. The summed E-state index contributed by atoms with van der Waals surface area (Å²) in [4.78, 5) is 11.0. The number of nitriles is 1. The first-order valence-corrected chi connectivity index (χ1v) is 11.2. The van der Waals surface area contributed by atoms with Crippen molar-refractivity contribution in [3.63, 3.8) is 0 Å². The van der Waals surface area contributed by atoms with Crippen LogP contribution in [0.15, 0.2) is 42.7 Å². The zero-order valence-electron chi connectivity index (χ0n) is 19.2. The average molecular weight is 459 g/mol. The molecule has 1 aromatic heterocycles. The van der Waals surface area contributed by atoms with Crippen molar-refractivity contribution in [2.45, 2.75) is 25.5 Å². The van der Waals surface area contributed by atoms with Crippen molar-refractivity contribution in [3.05, 3.63) is 53.9 Å². The number of benzene rings is 2. The molecule has 5 rings (SSSR count). The molecular formula is C25H26N6O3. The molecule has 2 aliphatic rings. The van der Waals surface area contributed by atoms with Gasteiger partial charge in [-0.3, -0.25) is 0 Å². The number of rotatable bonds is 5. The number of fused-ring (bicyclic) bond motifs is 2. The molecule has 0 saturated carbocycles. The Bertz CT molecular complexity index is 1230. The lowest BCUT2D eigenvalue weighted by Gasteiger charge is -2.29. The van der Waals surface area contributed by atoms with Crippen molar-refractivity contribution in [3.8, 4) is 29.2 Å². The van der Waals surface area contributed by atoms with E-state index in [9.17, 15) is 5.26 Å².